The van der Waals surface area contributed by atoms with Crippen molar-refractivity contribution in [2.45, 2.75) is 69.6 Å². The Kier molecular flexibility index (Phi) is 11.5. The summed E-state index contributed by atoms with van der Waals surface area (Å²) in [5.74, 6) is -3.52. The van der Waals surface area contributed by atoms with Gasteiger partial charge in [-0.2, -0.15) is 0 Å². The Hall–Kier alpha value is -4.14. The fourth-order valence-electron chi connectivity index (χ4n) is 4.80. The summed E-state index contributed by atoms with van der Waals surface area (Å²) < 4.78 is 0. The maximum atomic E-state index is 13.7. The van der Waals surface area contributed by atoms with E-state index in [2.05, 4.69) is 20.6 Å². The van der Waals surface area contributed by atoms with Crippen LogP contribution in [0.15, 0.2) is 18.6 Å². The molecule has 15 nitrogen and oxygen atoms in total. The topological polar surface area (TPSA) is 232 Å². The number of aliphatic carboxylic acids is 1. The highest BCUT2D eigenvalue weighted by Gasteiger charge is 2.38. The van der Waals surface area contributed by atoms with Crippen LogP contribution < -0.4 is 16.4 Å². The second-order valence-corrected chi connectivity index (χ2v) is 10.4. The van der Waals surface area contributed by atoms with Gasteiger partial charge in [-0.05, 0) is 38.0 Å². The van der Waals surface area contributed by atoms with Crippen molar-refractivity contribution in [2.75, 3.05) is 26.2 Å². The van der Waals surface area contributed by atoms with Crippen LogP contribution in [0.2, 0.25) is 0 Å². The quantitative estimate of drug-likeness (QED) is 0.108. The van der Waals surface area contributed by atoms with Crippen LogP contribution >= 0.6 is 0 Å². The maximum absolute atomic E-state index is 13.7. The van der Waals surface area contributed by atoms with Crippen LogP contribution in [-0.2, 0) is 19.2 Å². The first kappa shape index (κ1) is 31.4. The summed E-state index contributed by atoms with van der Waals surface area (Å²) in [6, 6.07) is -1.40. The van der Waals surface area contributed by atoms with Crippen molar-refractivity contribution in [1.82, 2.24) is 30.4 Å². The fourth-order valence-corrected chi connectivity index (χ4v) is 4.80. The molecule has 1 aliphatic carbocycles. The highest BCUT2D eigenvalue weighted by molar-refractivity contribution is 5.94. The molecule has 3 amide bonds. The number of guanidine groups is 1. The molecular formula is C26H38N8O7. The van der Waals surface area contributed by atoms with E-state index in [0.717, 1.165) is 25.7 Å². The molecule has 1 aromatic rings. The lowest BCUT2D eigenvalue weighted by Gasteiger charge is -2.33. The van der Waals surface area contributed by atoms with Gasteiger partial charge in [-0.25, -0.2) is 4.98 Å². The number of carbonyl (C=O) groups is 5. The second kappa shape index (κ2) is 15.0. The summed E-state index contributed by atoms with van der Waals surface area (Å²) in [4.78, 5) is 73.6. The molecule has 224 valence electrons. The molecule has 3 rings (SSSR count). The lowest BCUT2D eigenvalue weighted by Crippen LogP contribution is -2.53. The third-order valence-electron chi connectivity index (χ3n) is 7.06. The average Bonchev–Trinajstić information content (AvgIpc) is 3.79. The molecule has 1 aliphatic heterocycles. The van der Waals surface area contributed by atoms with Crippen LogP contribution in [0.25, 0.3) is 0 Å². The lowest BCUT2D eigenvalue weighted by molar-refractivity contribution is -0.142. The van der Waals surface area contributed by atoms with Gasteiger partial charge in [-0.3, -0.25) is 34.4 Å². The van der Waals surface area contributed by atoms with Crippen molar-refractivity contribution in [1.29, 1.82) is 5.41 Å². The minimum absolute atomic E-state index is 0.0655. The number of likely N-dealkylation sites (tertiary alicyclic amines) is 1. The van der Waals surface area contributed by atoms with Gasteiger partial charge in [0.15, 0.2) is 5.96 Å². The third kappa shape index (κ3) is 10.1. The zero-order chi connectivity index (χ0) is 29.9. The number of nitrogens with two attached hydrogens (primary N) is 1. The number of piperidine rings is 1. The molecule has 0 unspecified atom stereocenters. The van der Waals surface area contributed by atoms with E-state index in [1.165, 1.54) is 23.5 Å². The smallest absolute Gasteiger partial charge is 0.303 e. The molecule has 1 saturated carbocycles. The first-order valence-electron chi connectivity index (χ1n) is 13.7. The first-order valence-corrected chi connectivity index (χ1v) is 13.7. The van der Waals surface area contributed by atoms with E-state index in [-0.39, 0.29) is 61.7 Å². The summed E-state index contributed by atoms with van der Waals surface area (Å²) in [5, 5.41) is 31.8. The molecule has 0 spiro atoms. The SMILES string of the molecule is N=C(N)N1CCC[C@@H](CC(=O)C[C@H](NC(=O)[C@@H](O)CCC(=O)O)C(=O)N(CCNC(=O)c2cnccn2)C2CC2)C1. The van der Waals surface area contributed by atoms with Crippen molar-refractivity contribution in [2.24, 2.45) is 11.7 Å². The fraction of sp³-hybridized carbons (Fsp3) is 0.615. The van der Waals surface area contributed by atoms with Gasteiger partial charge in [-0.15, -0.1) is 0 Å². The number of hydrogen-bond donors (Lipinski definition) is 6. The van der Waals surface area contributed by atoms with Gasteiger partial charge in [0.1, 0.15) is 23.6 Å². The van der Waals surface area contributed by atoms with Gasteiger partial charge >= 0.3 is 5.97 Å². The molecular weight excluding hydrogens is 536 g/mol. The number of carboxylic acid groups (broad SMARTS) is 1. The summed E-state index contributed by atoms with van der Waals surface area (Å²) in [5.41, 5.74) is 5.72. The van der Waals surface area contributed by atoms with Gasteiger partial charge in [0.2, 0.25) is 11.8 Å². The normalized spacial score (nSPS) is 18.1. The third-order valence-corrected chi connectivity index (χ3v) is 7.06. The number of ketones is 1. The monoisotopic (exact) mass is 574 g/mol. The molecule has 7 N–H and O–H groups in total. The highest BCUT2D eigenvalue weighted by Crippen LogP contribution is 2.28. The van der Waals surface area contributed by atoms with Crippen molar-refractivity contribution >= 4 is 35.4 Å². The van der Waals surface area contributed by atoms with E-state index in [0.29, 0.717) is 13.1 Å². The van der Waals surface area contributed by atoms with Crippen LogP contribution in [-0.4, -0.2) is 110 Å². The molecule has 15 heteroatoms. The number of nitrogens with zero attached hydrogens (tertiary/aromatic N) is 4. The van der Waals surface area contributed by atoms with Gasteiger partial charge in [0, 0.05) is 63.9 Å². The molecule has 0 bridgehead atoms. The number of carbonyl (C=O) groups excluding carboxylic acids is 4. The average molecular weight is 575 g/mol. The summed E-state index contributed by atoms with van der Waals surface area (Å²) in [7, 11) is 0. The van der Waals surface area contributed by atoms with Crippen LogP contribution in [0.5, 0.6) is 0 Å². The number of Topliss-reactive ketones (excluding diaryl/α,β-unsaturated/α-hetero) is 1. The molecule has 1 aromatic heterocycles. The van der Waals surface area contributed by atoms with E-state index >= 15 is 0 Å². The van der Waals surface area contributed by atoms with E-state index in [9.17, 15) is 29.1 Å². The van der Waals surface area contributed by atoms with Crippen molar-refractivity contribution in [3.8, 4) is 0 Å². The standard InChI is InChI=1S/C26H38N8O7/c27-26(28)33-10-1-2-16(15-33)12-18(35)13-19(32-24(40)21(36)5-6-22(37)38)25(41)34(17-3-4-17)11-9-31-23(39)20-14-29-7-8-30-20/h7-8,14,16-17,19,21,36H,1-6,9-13,15H2,(H3,27,28)(H,31,39)(H,32,40)(H,37,38)/t16-,19-,21-/m0/s1. The minimum atomic E-state index is -1.67. The largest absolute Gasteiger partial charge is 0.481 e. The molecule has 1 saturated heterocycles. The Labute approximate surface area is 237 Å². The van der Waals surface area contributed by atoms with E-state index in [1.807, 2.05) is 0 Å². The predicted octanol–water partition coefficient (Wildman–Crippen LogP) is -1.14. The van der Waals surface area contributed by atoms with E-state index in [4.69, 9.17) is 16.2 Å². The maximum Gasteiger partial charge on any atom is 0.303 e. The van der Waals surface area contributed by atoms with Gasteiger partial charge in [0.25, 0.3) is 5.91 Å². The summed E-state index contributed by atoms with van der Waals surface area (Å²) in [6.45, 7) is 1.29. The number of nitrogens with one attached hydrogen (secondary N) is 3. The lowest BCUT2D eigenvalue weighted by atomic mass is 9.91. The first-order chi connectivity index (χ1) is 19.5. The molecule has 41 heavy (non-hydrogen) atoms. The molecule has 0 radical (unpaired) electrons. The molecule has 0 aromatic carbocycles. The zero-order valence-electron chi connectivity index (χ0n) is 22.8. The van der Waals surface area contributed by atoms with Crippen molar-refractivity contribution in [3.05, 3.63) is 24.3 Å². The van der Waals surface area contributed by atoms with E-state index < -0.39 is 42.3 Å². The second-order valence-electron chi connectivity index (χ2n) is 10.4. The summed E-state index contributed by atoms with van der Waals surface area (Å²) >= 11 is 0. The Morgan fingerprint density at radius 2 is 1.95 bits per heavy atom. The van der Waals surface area contributed by atoms with Crippen LogP contribution in [0.3, 0.4) is 0 Å². The Morgan fingerprint density at radius 1 is 1.20 bits per heavy atom. The number of amides is 3. The number of rotatable bonds is 15. The van der Waals surface area contributed by atoms with Crippen LogP contribution in [0, 0.1) is 11.3 Å². The van der Waals surface area contributed by atoms with Crippen LogP contribution in [0.4, 0.5) is 0 Å². The number of aromatic nitrogens is 2. The van der Waals surface area contributed by atoms with Gasteiger partial charge in [-0.1, -0.05) is 0 Å². The Bertz CT molecular complexity index is 1110. The predicted molar refractivity (Wildman–Crippen MR) is 144 cm³/mol. The number of carboxylic acids is 1. The zero-order valence-corrected chi connectivity index (χ0v) is 22.8. The number of hydrogen-bond acceptors (Lipinski definition) is 9. The minimum Gasteiger partial charge on any atom is -0.481 e. The Balaban J connectivity index is 1.66. The van der Waals surface area contributed by atoms with Crippen LogP contribution in [0.1, 0.15) is 61.9 Å². The van der Waals surface area contributed by atoms with Crippen molar-refractivity contribution < 1.29 is 34.2 Å². The Morgan fingerprint density at radius 3 is 2.59 bits per heavy atom. The molecule has 3 atom stereocenters. The summed E-state index contributed by atoms with van der Waals surface area (Å²) in [6.07, 6.45) is 4.46. The molecule has 2 fully saturated rings. The van der Waals surface area contributed by atoms with Crippen molar-refractivity contribution in [3.63, 3.8) is 0 Å². The van der Waals surface area contributed by atoms with Gasteiger partial charge in [0.05, 0.1) is 6.20 Å². The van der Waals surface area contributed by atoms with Gasteiger partial charge < -0.3 is 36.4 Å². The molecule has 2 heterocycles. The number of aliphatic hydroxyl groups is 1. The highest BCUT2D eigenvalue weighted by atomic mass is 16.4. The number of aliphatic hydroxyl groups excluding tert-OH is 1. The van der Waals surface area contributed by atoms with E-state index in [1.54, 1.807) is 4.90 Å². The molecule has 2 aliphatic rings.